The summed E-state index contributed by atoms with van der Waals surface area (Å²) >= 11 is 0. The summed E-state index contributed by atoms with van der Waals surface area (Å²) in [7, 11) is 2.19. The van der Waals surface area contributed by atoms with Gasteiger partial charge in [-0.3, -0.25) is 0 Å². The molecule has 1 aliphatic heterocycles. The zero-order chi connectivity index (χ0) is 10.2. The lowest BCUT2D eigenvalue weighted by molar-refractivity contribution is 0.277. The van der Waals surface area contributed by atoms with E-state index in [1.807, 2.05) is 12.1 Å². The molecule has 0 atom stereocenters. The summed E-state index contributed by atoms with van der Waals surface area (Å²) in [5, 5.41) is 0. The van der Waals surface area contributed by atoms with Crippen LogP contribution in [0.15, 0.2) is 24.4 Å². The first kappa shape index (κ1) is 11.0. The standard InChI is InChI=1S/C6H13N.C5H6N2/c1-7-5-3-2-4-6-7;6-5-3-1-2-4-7-5/h2-6H2,1H3;1-4H,(H2,6,7). The van der Waals surface area contributed by atoms with Crippen molar-refractivity contribution in [3.8, 4) is 0 Å². The Morgan fingerprint density at radius 1 is 1.21 bits per heavy atom. The summed E-state index contributed by atoms with van der Waals surface area (Å²) in [5.41, 5.74) is 5.25. The van der Waals surface area contributed by atoms with Gasteiger partial charge in [-0.25, -0.2) is 4.98 Å². The van der Waals surface area contributed by atoms with E-state index in [0.29, 0.717) is 5.82 Å². The van der Waals surface area contributed by atoms with E-state index in [2.05, 4.69) is 16.9 Å². The van der Waals surface area contributed by atoms with Gasteiger partial charge < -0.3 is 10.6 Å². The summed E-state index contributed by atoms with van der Waals surface area (Å²) in [6, 6.07) is 5.43. The first-order valence-electron chi connectivity index (χ1n) is 5.14. The fourth-order valence-corrected chi connectivity index (χ4v) is 1.43. The van der Waals surface area contributed by atoms with Gasteiger partial charge in [-0.1, -0.05) is 12.5 Å². The summed E-state index contributed by atoms with van der Waals surface area (Å²) in [6.45, 7) is 2.64. The topological polar surface area (TPSA) is 42.1 Å². The van der Waals surface area contributed by atoms with E-state index in [1.165, 1.54) is 32.4 Å². The number of rotatable bonds is 0. The lowest BCUT2D eigenvalue weighted by Crippen LogP contribution is -2.24. The average molecular weight is 193 g/mol. The fourth-order valence-electron chi connectivity index (χ4n) is 1.43. The second-order valence-electron chi connectivity index (χ2n) is 3.62. The molecule has 0 unspecified atom stereocenters. The summed E-state index contributed by atoms with van der Waals surface area (Å²) in [6.07, 6.45) is 5.94. The number of nitrogen functional groups attached to an aromatic ring is 1. The summed E-state index contributed by atoms with van der Waals surface area (Å²) in [4.78, 5) is 6.15. The molecular weight excluding hydrogens is 174 g/mol. The van der Waals surface area contributed by atoms with Crippen molar-refractivity contribution in [2.45, 2.75) is 19.3 Å². The van der Waals surface area contributed by atoms with Crippen molar-refractivity contribution in [1.29, 1.82) is 0 Å². The van der Waals surface area contributed by atoms with Gasteiger partial charge in [-0.15, -0.1) is 0 Å². The van der Waals surface area contributed by atoms with E-state index in [0.717, 1.165) is 0 Å². The van der Waals surface area contributed by atoms with Crippen molar-refractivity contribution in [3.05, 3.63) is 24.4 Å². The van der Waals surface area contributed by atoms with E-state index < -0.39 is 0 Å². The first-order chi connectivity index (χ1) is 6.79. The maximum Gasteiger partial charge on any atom is 0.123 e. The highest BCUT2D eigenvalue weighted by Crippen LogP contribution is 2.04. The van der Waals surface area contributed by atoms with Crippen LogP contribution in [-0.2, 0) is 0 Å². The van der Waals surface area contributed by atoms with E-state index in [4.69, 9.17) is 5.73 Å². The van der Waals surface area contributed by atoms with E-state index in [9.17, 15) is 0 Å². The van der Waals surface area contributed by atoms with Gasteiger partial charge in [-0.2, -0.15) is 0 Å². The molecule has 0 amide bonds. The smallest absolute Gasteiger partial charge is 0.123 e. The van der Waals surface area contributed by atoms with Gasteiger partial charge in [0.15, 0.2) is 0 Å². The van der Waals surface area contributed by atoms with Crippen LogP contribution in [0.2, 0.25) is 0 Å². The largest absolute Gasteiger partial charge is 0.384 e. The van der Waals surface area contributed by atoms with Gasteiger partial charge in [0.1, 0.15) is 5.82 Å². The number of pyridine rings is 1. The van der Waals surface area contributed by atoms with Crippen LogP contribution in [0.5, 0.6) is 0 Å². The van der Waals surface area contributed by atoms with Gasteiger partial charge in [0.05, 0.1) is 0 Å². The molecule has 0 saturated carbocycles. The van der Waals surface area contributed by atoms with E-state index in [-0.39, 0.29) is 0 Å². The number of hydrogen-bond donors (Lipinski definition) is 1. The minimum Gasteiger partial charge on any atom is -0.384 e. The molecule has 3 heteroatoms. The molecule has 1 aliphatic rings. The maximum absolute atomic E-state index is 5.25. The molecule has 0 aliphatic carbocycles. The quantitative estimate of drug-likeness (QED) is 0.682. The Bertz CT molecular complexity index is 230. The fraction of sp³-hybridized carbons (Fsp3) is 0.545. The Hall–Kier alpha value is -1.09. The predicted octanol–water partition coefficient (Wildman–Crippen LogP) is 1.77. The molecule has 2 heterocycles. The van der Waals surface area contributed by atoms with Crippen molar-refractivity contribution in [2.24, 2.45) is 0 Å². The number of nitrogens with two attached hydrogens (primary N) is 1. The normalized spacial score (nSPS) is 16.9. The Morgan fingerprint density at radius 2 is 1.93 bits per heavy atom. The Kier molecular flexibility index (Phi) is 5.00. The van der Waals surface area contributed by atoms with Crippen LogP contribution in [0.1, 0.15) is 19.3 Å². The first-order valence-corrected chi connectivity index (χ1v) is 5.14. The molecule has 0 aromatic carbocycles. The number of hydrogen-bond acceptors (Lipinski definition) is 3. The van der Waals surface area contributed by atoms with Crippen LogP contribution in [0.4, 0.5) is 5.82 Å². The van der Waals surface area contributed by atoms with Crippen molar-refractivity contribution in [3.63, 3.8) is 0 Å². The zero-order valence-corrected chi connectivity index (χ0v) is 8.82. The minimum absolute atomic E-state index is 0.572. The molecule has 0 radical (unpaired) electrons. The Balaban J connectivity index is 0.000000140. The lowest BCUT2D eigenvalue weighted by atomic mass is 10.1. The van der Waals surface area contributed by atoms with Crippen molar-refractivity contribution in [1.82, 2.24) is 9.88 Å². The molecule has 1 aromatic heterocycles. The average Bonchev–Trinajstić information content (AvgIpc) is 2.21. The Morgan fingerprint density at radius 3 is 2.21 bits per heavy atom. The van der Waals surface area contributed by atoms with Gasteiger partial charge in [0.25, 0.3) is 0 Å². The molecule has 0 bridgehead atoms. The molecule has 78 valence electrons. The van der Waals surface area contributed by atoms with Crippen LogP contribution < -0.4 is 5.73 Å². The van der Waals surface area contributed by atoms with Gasteiger partial charge in [-0.05, 0) is 45.1 Å². The molecule has 3 nitrogen and oxygen atoms in total. The zero-order valence-electron chi connectivity index (χ0n) is 8.82. The minimum atomic E-state index is 0.572. The monoisotopic (exact) mass is 193 g/mol. The molecule has 2 rings (SSSR count). The van der Waals surface area contributed by atoms with Crippen molar-refractivity contribution < 1.29 is 0 Å². The highest BCUT2D eigenvalue weighted by Gasteiger charge is 2.02. The predicted molar refractivity (Wildman–Crippen MR) is 60.0 cm³/mol. The highest BCUT2D eigenvalue weighted by molar-refractivity contribution is 5.25. The van der Waals surface area contributed by atoms with Crippen LogP contribution in [-0.4, -0.2) is 30.0 Å². The second-order valence-corrected chi connectivity index (χ2v) is 3.62. The molecule has 2 N–H and O–H groups in total. The number of anilines is 1. The van der Waals surface area contributed by atoms with Gasteiger partial charge >= 0.3 is 0 Å². The number of aromatic nitrogens is 1. The van der Waals surface area contributed by atoms with E-state index in [1.54, 1.807) is 12.3 Å². The molecule has 0 spiro atoms. The molecule has 14 heavy (non-hydrogen) atoms. The lowest BCUT2D eigenvalue weighted by Gasteiger charge is -2.20. The molecule has 1 fully saturated rings. The molecular formula is C11H19N3. The van der Waals surface area contributed by atoms with Gasteiger partial charge in [0, 0.05) is 6.20 Å². The van der Waals surface area contributed by atoms with Gasteiger partial charge in [0.2, 0.25) is 0 Å². The van der Waals surface area contributed by atoms with Crippen molar-refractivity contribution >= 4 is 5.82 Å². The second kappa shape index (κ2) is 6.38. The van der Waals surface area contributed by atoms with Crippen LogP contribution in [0.25, 0.3) is 0 Å². The highest BCUT2D eigenvalue weighted by atomic mass is 15.1. The molecule has 1 saturated heterocycles. The van der Waals surface area contributed by atoms with E-state index >= 15 is 0 Å². The van der Waals surface area contributed by atoms with Crippen LogP contribution in [0, 0.1) is 0 Å². The third kappa shape index (κ3) is 4.82. The number of piperidine rings is 1. The summed E-state index contributed by atoms with van der Waals surface area (Å²) in [5.74, 6) is 0.572. The molecule has 1 aromatic rings. The van der Waals surface area contributed by atoms with Crippen LogP contribution in [0.3, 0.4) is 0 Å². The van der Waals surface area contributed by atoms with Crippen LogP contribution >= 0.6 is 0 Å². The third-order valence-electron chi connectivity index (χ3n) is 2.27. The van der Waals surface area contributed by atoms with Crippen molar-refractivity contribution in [2.75, 3.05) is 25.9 Å². The summed E-state index contributed by atoms with van der Waals surface area (Å²) < 4.78 is 0. The SMILES string of the molecule is CN1CCCCC1.Nc1ccccn1. The Labute approximate surface area is 85.9 Å². The third-order valence-corrected chi connectivity index (χ3v) is 2.27. The number of nitrogens with zero attached hydrogens (tertiary/aromatic N) is 2. The number of likely N-dealkylation sites (tertiary alicyclic amines) is 1. The maximum atomic E-state index is 5.25.